The van der Waals surface area contributed by atoms with Gasteiger partial charge < -0.3 is 15.4 Å². The number of carbonyl (C=O) groups is 1. The molecule has 3 rings (SSSR count). The molecular formula is C23H28N2O2. The molecule has 1 aliphatic carbocycles. The number of rotatable bonds is 9. The summed E-state index contributed by atoms with van der Waals surface area (Å²) >= 11 is 0. The van der Waals surface area contributed by atoms with Crippen LogP contribution in [0.5, 0.6) is 11.5 Å². The fourth-order valence-electron chi connectivity index (χ4n) is 3.19. The lowest BCUT2D eigenvalue weighted by Crippen LogP contribution is -2.23. The first-order chi connectivity index (χ1) is 13.3. The number of amides is 1. The molecule has 0 spiro atoms. The van der Waals surface area contributed by atoms with Crippen molar-refractivity contribution in [2.75, 3.05) is 18.4 Å². The number of carbonyl (C=O) groups excluding carboxylic acids is 1. The molecule has 27 heavy (non-hydrogen) atoms. The second-order valence-corrected chi connectivity index (χ2v) is 6.82. The maximum Gasteiger partial charge on any atom is 0.225 e. The van der Waals surface area contributed by atoms with Crippen molar-refractivity contribution in [3.05, 3.63) is 66.2 Å². The lowest BCUT2D eigenvalue weighted by molar-refractivity contribution is -0.116. The highest BCUT2D eigenvalue weighted by atomic mass is 16.5. The standard InChI is InChI=1S/C23H28N2O2/c26-23(16-18-24-17-15-19-9-3-1-4-10-19)25-21-13-7-8-14-22(21)27-20-11-5-2-6-12-20/h2,5-9,11-14,24H,1,3-4,10,15-18H2,(H,25,26). The largest absolute Gasteiger partial charge is 0.455 e. The van der Waals surface area contributed by atoms with Crippen LogP contribution in [0.1, 0.15) is 38.5 Å². The van der Waals surface area contributed by atoms with Crippen molar-refractivity contribution in [2.24, 2.45) is 0 Å². The van der Waals surface area contributed by atoms with Gasteiger partial charge in [0.15, 0.2) is 5.75 Å². The number of hydrogen-bond donors (Lipinski definition) is 2. The van der Waals surface area contributed by atoms with Crippen LogP contribution >= 0.6 is 0 Å². The fraction of sp³-hybridized carbons (Fsp3) is 0.348. The molecule has 0 heterocycles. The molecule has 0 bridgehead atoms. The monoisotopic (exact) mass is 364 g/mol. The van der Waals surface area contributed by atoms with Gasteiger partial charge >= 0.3 is 0 Å². The molecule has 1 aliphatic rings. The highest BCUT2D eigenvalue weighted by molar-refractivity contribution is 5.92. The van der Waals surface area contributed by atoms with Gasteiger partial charge in [0.05, 0.1) is 5.69 Å². The summed E-state index contributed by atoms with van der Waals surface area (Å²) in [5.41, 5.74) is 2.25. The molecule has 0 saturated heterocycles. The van der Waals surface area contributed by atoms with Crippen molar-refractivity contribution in [1.82, 2.24) is 5.32 Å². The van der Waals surface area contributed by atoms with E-state index < -0.39 is 0 Å². The van der Waals surface area contributed by atoms with Gasteiger partial charge in [-0.25, -0.2) is 0 Å². The van der Waals surface area contributed by atoms with Crippen LogP contribution in [-0.4, -0.2) is 19.0 Å². The average Bonchev–Trinajstić information content (AvgIpc) is 2.71. The van der Waals surface area contributed by atoms with Crippen LogP contribution < -0.4 is 15.4 Å². The van der Waals surface area contributed by atoms with Crippen molar-refractivity contribution in [2.45, 2.75) is 38.5 Å². The summed E-state index contributed by atoms with van der Waals surface area (Å²) < 4.78 is 5.88. The van der Waals surface area contributed by atoms with Crippen LogP contribution in [-0.2, 0) is 4.79 Å². The summed E-state index contributed by atoms with van der Waals surface area (Å²) in [5, 5.41) is 6.33. The molecule has 0 saturated carbocycles. The maximum atomic E-state index is 12.3. The summed E-state index contributed by atoms with van der Waals surface area (Å²) in [7, 11) is 0. The molecule has 142 valence electrons. The predicted molar refractivity (Wildman–Crippen MR) is 110 cm³/mol. The minimum atomic E-state index is -0.0107. The van der Waals surface area contributed by atoms with E-state index in [2.05, 4.69) is 16.7 Å². The molecular weight excluding hydrogens is 336 g/mol. The van der Waals surface area contributed by atoms with E-state index in [0.29, 0.717) is 24.4 Å². The number of anilines is 1. The lowest BCUT2D eigenvalue weighted by Gasteiger charge is -2.13. The summed E-state index contributed by atoms with van der Waals surface area (Å²) in [6, 6.07) is 17.1. The van der Waals surface area contributed by atoms with E-state index in [1.54, 1.807) is 5.57 Å². The van der Waals surface area contributed by atoms with Crippen LogP contribution in [0.25, 0.3) is 0 Å². The van der Waals surface area contributed by atoms with Crippen molar-refractivity contribution >= 4 is 11.6 Å². The first kappa shape index (κ1) is 19.2. The van der Waals surface area contributed by atoms with Gasteiger partial charge in [0.25, 0.3) is 0 Å². The Balaban J connectivity index is 1.42. The third-order valence-electron chi connectivity index (χ3n) is 4.67. The Morgan fingerprint density at radius 2 is 1.78 bits per heavy atom. The van der Waals surface area contributed by atoms with Crippen molar-refractivity contribution in [1.29, 1.82) is 0 Å². The molecule has 0 radical (unpaired) electrons. The Kier molecular flexibility index (Phi) is 7.48. The maximum absolute atomic E-state index is 12.3. The van der Waals surface area contributed by atoms with Crippen molar-refractivity contribution < 1.29 is 9.53 Å². The summed E-state index contributed by atoms with van der Waals surface area (Å²) in [6.45, 7) is 1.62. The van der Waals surface area contributed by atoms with E-state index in [9.17, 15) is 4.79 Å². The van der Waals surface area contributed by atoms with Crippen LogP contribution in [0.15, 0.2) is 66.2 Å². The van der Waals surface area contributed by atoms with Gasteiger partial charge in [-0.1, -0.05) is 42.0 Å². The van der Waals surface area contributed by atoms with E-state index in [-0.39, 0.29) is 5.91 Å². The summed E-state index contributed by atoms with van der Waals surface area (Å²) in [6.07, 6.45) is 9.02. The fourth-order valence-corrected chi connectivity index (χ4v) is 3.19. The molecule has 0 aliphatic heterocycles. The number of nitrogens with one attached hydrogen (secondary N) is 2. The molecule has 1 amide bonds. The van der Waals surface area contributed by atoms with Gasteiger partial charge in [-0.05, 0) is 62.9 Å². The minimum Gasteiger partial charge on any atom is -0.455 e. The number of allylic oxidation sites excluding steroid dienone is 1. The topological polar surface area (TPSA) is 50.4 Å². The number of ether oxygens (including phenoxy) is 1. The minimum absolute atomic E-state index is 0.0107. The molecule has 2 aromatic carbocycles. The molecule has 0 fully saturated rings. The van der Waals surface area contributed by atoms with Crippen molar-refractivity contribution in [3.8, 4) is 11.5 Å². The van der Waals surface area contributed by atoms with Gasteiger partial charge in [-0.2, -0.15) is 0 Å². The smallest absolute Gasteiger partial charge is 0.225 e. The van der Waals surface area contributed by atoms with Crippen LogP contribution in [0.3, 0.4) is 0 Å². The van der Waals surface area contributed by atoms with Gasteiger partial charge in [0, 0.05) is 13.0 Å². The predicted octanol–water partition coefficient (Wildman–Crippen LogP) is 5.29. The Morgan fingerprint density at radius 3 is 2.59 bits per heavy atom. The van der Waals surface area contributed by atoms with E-state index in [0.717, 1.165) is 18.7 Å². The van der Waals surface area contributed by atoms with Gasteiger partial charge in [-0.15, -0.1) is 0 Å². The average molecular weight is 364 g/mol. The number of hydrogen-bond acceptors (Lipinski definition) is 3. The van der Waals surface area contributed by atoms with Gasteiger partial charge in [0.1, 0.15) is 5.75 Å². The molecule has 4 nitrogen and oxygen atoms in total. The normalized spacial score (nSPS) is 13.7. The Bertz CT molecular complexity index is 756. The first-order valence-corrected chi connectivity index (χ1v) is 9.82. The molecule has 4 heteroatoms. The molecule has 2 aromatic rings. The third kappa shape index (κ3) is 6.57. The second kappa shape index (κ2) is 10.5. The van der Waals surface area contributed by atoms with Crippen molar-refractivity contribution in [3.63, 3.8) is 0 Å². The van der Waals surface area contributed by atoms with Crippen LogP contribution in [0.4, 0.5) is 5.69 Å². The van der Waals surface area contributed by atoms with Gasteiger partial charge in [-0.3, -0.25) is 4.79 Å². The zero-order valence-corrected chi connectivity index (χ0v) is 15.7. The Hall–Kier alpha value is -2.59. The first-order valence-electron chi connectivity index (χ1n) is 9.82. The highest BCUT2D eigenvalue weighted by Crippen LogP contribution is 2.29. The molecule has 2 N–H and O–H groups in total. The number of para-hydroxylation sites is 3. The highest BCUT2D eigenvalue weighted by Gasteiger charge is 2.08. The second-order valence-electron chi connectivity index (χ2n) is 6.82. The van der Waals surface area contributed by atoms with E-state index in [4.69, 9.17) is 4.74 Å². The van der Waals surface area contributed by atoms with E-state index >= 15 is 0 Å². The SMILES string of the molecule is O=C(CCNCCC1=CCCCC1)Nc1ccccc1Oc1ccccc1. The number of benzene rings is 2. The third-order valence-corrected chi connectivity index (χ3v) is 4.67. The lowest BCUT2D eigenvalue weighted by atomic mass is 9.97. The summed E-state index contributed by atoms with van der Waals surface area (Å²) in [5.74, 6) is 1.38. The Labute approximate surface area is 161 Å². The van der Waals surface area contributed by atoms with E-state index in [1.165, 1.54) is 25.7 Å². The zero-order valence-electron chi connectivity index (χ0n) is 15.7. The molecule has 0 unspecified atom stereocenters. The van der Waals surface area contributed by atoms with Crippen LogP contribution in [0.2, 0.25) is 0 Å². The molecule has 0 aromatic heterocycles. The Morgan fingerprint density at radius 1 is 0.963 bits per heavy atom. The quantitative estimate of drug-likeness (QED) is 0.470. The van der Waals surface area contributed by atoms with Gasteiger partial charge in [0.2, 0.25) is 5.91 Å². The van der Waals surface area contributed by atoms with E-state index in [1.807, 2.05) is 54.6 Å². The zero-order chi connectivity index (χ0) is 18.7. The van der Waals surface area contributed by atoms with Crippen LogP contribution in [0, 0.1) is 0 Å². The molecule has 0 atom stereocenters. The summed E-state index contributed by atoms with van der Waals surface area (Å²) in [4.78, 5) is 12.3.